The largest absolute Gasteiger partial charge is 0.375 e. The summed E-state index contributed by atoms with van der Waals surface area (Å²) in [7, 11) is 0. The van der Waals surface area contributed by atoms with E-state index in [0.717, 1.165) is 24.4 Å². The molecule has 0 radical (unpaired) electrons. The first-order valence-corrected chi connectivity index (χ1v) is 3.91. The van der Waals surface area contributed by atoms with Gasteiger partial charge in [-0.05, 0) is 19.4 Å². The summed E-state index contributed by atoms with van der Waals surface area (Å²) in [6.07, 6.45) is 1.06. The highest BCUT2D eigenvalue weighted by molar-refractivity contribution is 5.05. The Kier molecular flexibility index (Phi) is 3.11. The maximum Gasteiger partial charge on any atom is 0.0906 e. The van der Waals surface area contributed by atoms with Crippen molar-refractivity contribution in [1.82, 2.24) is 10.2 Å². The van der Waals surface area contributed by atoms with E-state index in [4.69, 9.17) is 4.74 Å². The van der Waals surface area contributed by atoms with Gasteiger partial charge in [0.25, 0.3) is 0 Å². The van der Waals surface area contributed by atoms with Crippen LogP contribution >= 0.6 is 0 Å². The molecule has 0 atom stereocenters. The van der Waals surface area contributed by atoms with Gasteiger partial charge in [0, 0.05) is 12.3 Å². The molecule has 1 rings (SSSR count). The van der Waals surface area contributed by atoms with Gasteiger partial charge in [0.2, 0.25) is 0 Å². The Bertz CT molecular complexity index is 208. The standard InChI is InChI=1S/C8H14N2O/c1-3-4-11-6-8-5-7(2)9-10-8/h5H,3-4,6H2,1-2H3,(H,9,10). The van der Waals surface area contributed by atoms with Crippen molar-refractivity contribution in [3.8, 4) is 0 Å². The molecule has 0 fully saturated rings. The van der Waals surface area contributed by atoms with Crippen molar-refractivity contribution in [3.63, 3.8) is 0 Å². The highest BCUT2D eigenvalue weighted by Gasteiger charge is 1.95. The van der Waals surface area contributed by atoms with Gasteiger partial charge in [-0.2, -0.15) is 5.10 Å². The molecule has 0 bridgehead atoms. The Balaban J connectivity index is 2.27. The maximum absolute atomic E-state index is 5.30. The van der Waals surface area contributed by atoms with Gasteiger partial charge in [-0.1, -0.05) is 6.92 Å². The topological polar surface area (TPSA) is 37.9 Å². The third-order valence-electron chi connectivity index (χ3n) is 1.36. The number of aromatic nitrogens is 2. The smallest absolute Gasteiger partial charge is 0.0906 e. The van der Waals surface area contributed by atoms with Gasteiger partial charge in [0.15, 0.2) is 0 Å². The normalized spacial score (nSPS) is 10.4. The van der Waals surface area contributed by atoms with E-state index in [2.05, 4.69) is 17.1 Å². The molecule has 0 saturated heterocycles. The van der Waals surface area contributed by atoms with Crippen molar-refractivity contribution in [3.05, 3.63) is 17.5 Å². The summed E-state index contributed by atoms with van der Waals surface area (Å²) in [5.41, 5.74) is 2.07. The van der Waals surface area contributed by atoms with E-state index in [0.29, 0.717) is 6.61 Å². The Labute approximate surface area is 66.8 Å². The number of nitrogens with one attached hydrogen (secondary N) is 1. The number of nitrogens with zero attached hydrogens (tertiary/aromatic N) is 1. The van der Waals surface area contributed by atoms with Crippen LogP contribution in [0.4, 0.5) is 0 Å². The summed E-state index contributed by atoms with van der Waals surface area (Å²) in [6.45, 7) is 5.51. The van der Waals surface area contributed by atoms with Gasteiger partial charge in [0.05, 0.1) is 12.3 Å². The van der Waals surface area contributed by atoms with Crippen LogP contribution in [0.25, 0.3) is 0 Å². The Morgan fingerprint density at radius 3 is 3.00 bits per heavy atom. The number of H-pyrrole nitrogens is 1. The lowest BCUT2D eigenvalue weighted by molar-refractivity contribution is 0.119. The van der Waals surface area contributed by atoms with Crippen LogP contribution in [0.15, 0.2) is 6.07 Å². The van der Waals surface area contributed by atoms with Crippen molar-refractivity contribution in [2.24, 2.45) is 0 Å². The minimum atomic E-state index is 0.623. The monoisotopic (exact) mass is 154 g/mol. The van der Waals surface area contributed by atoms with Crippen LogP contribution in [0.1, 0.15) is 24.7 Å². The van der Waals surface area contributed by atoms with Gasteiger partial charge >= 0.3 is 0 Å². The fraction of sp³-hybridized carbons (Fsp3) is 0.625. The van der Waals surface area contributed by atoms with Crippen LogP contribution in [-0.2, 0) is 11.3 Å². The zero-order valence-electron chi connectivity index (χ0n) is 7.05. The molecule has 1 heterocycles. The number of aromatic amines is 1. The molecule has 0 aliphatic carbocycles. The summed E-state index contributed by atoms with van der Waals surface area (Å²) >= 11 is 0. The summed E-state index contributed by atoms with van der Waals surface area (Å²) < 4.78 is 5.30. The summed E-state index contributed by atoms with van der Waals surface area (Å²) in [6, 6.07) is 2.00. The highest BCUT2D eigenvalue weighted by atomic mass is 16.5. The zero-order valence-corrected chi connectivity index (χ0v) is 7.05. The lowest BCUT2D eigenvalue weighted by atomic mass is 10.4. The van der Waals surface area contributed by atoms with Crippen molar-refractivity contribution >= 4 is 0 Å². The third kappa shape index (κ3) is 2.72. The second-order valence-electron chi connectivity index (χ2n) is 2.59. The molecule has 0 aromatic carbocycles. The predicted molar refractivity (Wildman–Crippen MR) is 43.3 cm³/mol. The van der Waals surface area contributed by atoms with E-state index in [9.17, 15) is 0 Å². The fourth-order valence-corrected chi connectivity index (χ4v) is 0.869. The molecular weight excluding hydrogens is 140 g/mol. The number of hydrogen-bond donors (Lipinski definition) is 1. The quantitative estimate of drug-likeness (QED) is 0.669. The van der Waals surface area contributed by atoms with Gasteiger partial charge in [0.1, 0.15) is 0 Å². The number of ether oxygens (including phenoxy) is 1. The lowest BCUT2D eigenvalue weighted by Gasteiger charge is -1.96. The van der Waals surface area contributed by atoms with Crippen LogP contribution in [0.3, 0.4) is 0 Å². The molecule has 0 aliphatic heterocycles. The van der Waals surface area contributed by atoms with Gasteiger partial charge in [-0.15, -0.1) is 0 Å². The van der Waals surface area contributed by atoms with Crippen LogP contribution in [0.5, 0.6) is 0 Å². The average Bonchev–Trinajstić information content (AvgIpc) is 2.37. The van der Waals surface area contributed by atoms with E-state index < -0.39 is 0 Å². The van der Waals surface area contributed by atoms with Crippen LogP contribution in [0.2, 0.25) is 0 Å². The fourth-order valence-electron chi connectivity index (χ4n) is 0.869. The SMILES string of the molecule is CCCOCc1cc(C)[nH]n1. The van der Waals surface area contributed by atoms with Crippen molar-refractivity contribution in [2.45, 2.75) is 26.9 Å². The Hall–Kier alpha value is -0.830. The predicted octanol–water partition coefficient (Wildman–Crippen LogP) is 1.64. The molecule has 0 aliphatic rings. The van der Waals surface area contributed by atoms with E-state index in [1.165, 1.54) is 0 Å². The molecule has 0 unspecified atom stereocenters. The molecule has 62 valence electrons. The van der Waals surface area contributed by atoms with Gasteiger partial charge in [-0.25, -0.2) is 0 Å². The first-order chi connectivity index (χ1) is 5.33. The number of rotatable bonds is 4. The molecule has 3 nitrogen and oxygen atoms in total. The second kappa shape index (κ2) is 4.13. The lowest BCUT2D eigenvalue weighted by Crippen LogP contribution is -1.93. The van der Waals surface area contributed by atoms with E-state index in [1.807, 2.05) is 13.0 Å². The second-order valence-corrected chi connectivity index (χ2v) is 2.59. The first kappa shape index (κ1) is 8.27. The average molecular weight is 154 g/mol. The summed E-state index contributed by atoms with van der Waals surface area (Å²) in [4.78, 5) is 0. The Morgan fingerprint density at radius 1 is 1.64 bits per heavy atom. The molecule has 0 spiro atoms. The molecule has 0 saturated carbocycles. The zero-order chi connectivity index (χ0) is 8.10. The molecule has 11 heavy (non-hydrogen) atoms. The highest BCUT2D eigenvalue weighted by Crippen LogP contribution is 1.99. The van der Waals surface area contributed by atoms with Crippen molar-refractivity contribution < 1.29 is 4.74 Å². The van der Waals surface area contributed by atoms with Crippen molar-refractivity contribution in [1.29, 1.82) is 0 Å². The minimum Gasteiger partial charge on any atom is -0.375 e. The van der Waals surface area contributed by atoms with E-state index >= 15 is 0 Å². The van der Waals surface area contributed by atoms with Crippen molar-refractivity contribution in [2.75, 3.05) is 6.61 Å². The number of hydrogen-bond acceptors (Lipinski definition) is 2. The minimum absolute atomic E-state index is 0.623. The van der Waals surface area contributed by atoms with Gasteiger partial charge < -0.3 is 4.74 Å². The molecule has 1 N–H and O–H groups in total. The molecule has 1 aromatic heterocycles. The molecular formula is C8H14N2O. The van der Waals surface area contributed by atoms with Crippen LogP contribution in [-0.4, -0.2) is 16.8 Å². The van der Waals surface area contributed by atoms with E-state index in [1.54, 1.807) is 0 Å². The van der Waals surface area contributed by atoms with Crippen LogP contribution < -0.4 is 0 Å². The summed E-state index contributed by atoms with van der Waals surface area (Å²) in [5.74, 6) is 0. The molecule has 3 heteroatoms. The molecule has 0 amide bonds. The Morgan fingerprint density at radius 2 is 2.45 bits per heavy atom. The maximum atomic E-state index is 5.30. The number of aryl methyl sites for hydroxylation is 1. The first-order valence-electron chi connectivity index (χ1n) is 3.91. The third-order valence-corrected chi connectivity index (χ3v) is 1.36. The molecule has 1 aromatic rings. The van der Waals surface area contributed by atoms with E-state index in [-0.39, 0.29) is 0 Å². The summed E-state index contributed by atoms with van der Waals surface area (Å²) in [5, 5.41) is 6.90. The van der Waals surface area contributed by atoms with Gasteiger partial charge in [-0.3, -0.25) is 5.10 Å². The van der Waals surface area contributed by atoms with Crippen LogP contribution in [0, 0.1) is 6.92 Å².